The van der Waals surface area contributed by atoms with E-state index in [9.17, 15) is 0 Å². The van der Waals surface area contributed by atoms with Crippen LogP contribution >= 0.6 is 0 Å². The molecule has 4 nitrogen and oxygen atoms in total. The van der Waals surface area contributed by atoms with E-state index in [1.54, 1.807) is 13.3 Å². The molecule has 0 saturated carbocycles. The molecule has 0 saturated heterocycles. The van der Waals surface area contributed by atoms with Crippen molar-refractivity contribution in [3.8, 4) is 17.0 Å². The van der Waals surface area contributed by atoms with Gasteiger partial charge in [0.15, 0.2) is 0 Å². The van der Waals surface area contributed by atoms with Crippen molar-refractivity contribution in [2.45, 2.75) is 27.3 Å². The van der Waals surface area contributed by atoms with Crippen molar-refractivity contribution in [2.75, 3.05) is 7.11 Å². The standard InChI is InChI=1S/C14H19N3O/c1-8-5-12(18-4)9(2)10(3)13(8)14-11(6-15)7-16-17-14/h5,7H,6,15H2,1-4H3,(H,16,17). The molecular formula is C14H19N3O. The van der Waals surface area contributed by atoms with Crippen LogP contribution in [0.3, 0.4) is 0 Å². The van der Waals surface area contributed by atoms with Gasteiger partial charge in [-0.2, -0.15) is 5.10 Å². The second-order valence-corrected chi connectivity index (χ2v) is 4.50. The Morgan fingerprint density at radius 2 is 2.00 bits per heavy atom. The van der Waals surface area contributed by atoms with E-state index in [-0.39, 0.29) is 0 Å². The lowest BCUT2D eigenvalue weighted by molar-refractivity contribution is 0.411. The Morgan fingerprint density at radius 3 is 2.61 bits per heavy atom. The highest BCUT2D eigenvalue weighted by Gasteiger charge is 2.15. The summed E-state index contributed by atoms with van der Waals surface area (Å²) in [4.78, 5) is 0. The third kappa shape index (κ3) is 1.88. The van der Waals surface area contributed by atoms with Crippen molar-refractivity contribution in [3.63, 3.8) is 0 Å². The van der Waals surface area contributed by atoms with Crippen molar-refractivity contribution < 1.29 is 4.74 Å². The molecule has 0 fully saturated rings. The van der Waals surface area contributed by atoms with E-state index >= 15 is 0 Å². The van der Waals surface area contributed by atoms with Crippen LogP contribution in [0.5, 0.6) is 5.75 Å². The second kappa shape index (κ2) is 4.82. The van der Waals surface area contributed by atoms with Crippen LogP contribution in [0.25, 0.3) is 11.3 Å². The highest BCUT2D eigenvalue weighted by Crippen LogP contribution is 2.34. The zero-order valence-corrected chi connectivity index (χ0v) is 11.3. The SMILES string of the molecule is COc1cc(C)c(-c2[nH]ncc2CN)c(C)c1C. The molecule has 0 aliphatic heterocycles. The van der Waals surface area contributed by atoms with Crippen molar-refractivity contribution >= 4 is 0 Å². The largest absolute Gasteiger partial charge is 0.496 e. The van der Waals surface area contributed by atoms with E-state index in [4.69, 9.17) is 10.5 Å². The molecule has 18 heavy (non-hydrogen) atoms. The van der Waals surface area contributed by atoms with Gasteiger partial charge in [-0.05, 0) is 43.5 Å². The first-order valence-corrected chi connectivity index (χ1v) is 5.97. The van der Waals surface area contributed by atoms with E-state index in [1.807, 2.05) is 0 Å². The monoisotopic (exact) mass is 245 g/mol. The third-order valence-electron chi connectivity index (χ3n) is 3.46. The van der Waals surface area contributed by atoms with Gasteiger partial charge in [-0.3, -0.25) is 5.10 Å². The molecule has 3 N–H and O–H groups in total. The Hall–Kier alpha value is -1.81. The quantitative estimate of drug-likeness (QED) is 0.873. The van der Waals surface area contributed by atoms with Crippen molar-refractivity contribution in [1.82, 2.24) is 10.2 Å². The zero-order valence-electron chi connectivity index (χ0n) is 11.3. The van der Waals surface area contributed by atoms with Gasteiger partial charge in [0.2, 0.25) is 0 Å². The average molecular weight is 245 g/mol. The maximum absolute atomic E-state index is 5.74. The molecule has 1 heterocycles. The molecule has 2 aromatic rings. The molecule has 0 spiro atoms. The number of benzene rings is 1. The molecule has 0 bridgehead atoms. The summed E-state index contributed by atoms with van der Waals surface area (Å²) in [5.74, 6) is 0.919. The first-order chi connectivity index (χ1) is 8.60. The van der Waals surface area contributed by atoms with Gasteiger partial charge in [-0.25, -0.2) is 0 Å². The van der Waals surface area contributed by atoms with E-state index < -0.39 is 0 Å². The summed E-state index contributed by atoms with van der Waals surface area (Å²) in [6, 6.07) is 2.05. The van der Waals surface area contributed by atoms with Gasteiger partial charge in [0.25, 0.3) is 0 Å². The Balaban J connectivity index is 2.69. The minimum absolute atomic E-state index is 0.482. The van der Waals surface area contributed by atoms with Gasteiger partial charge >= 0.3 is 0 Å². The molecule has 0 aliphatic rings. The number of nitrogens with zero attached hydrogens (tertiary/aromatic N) is 1. The Kier molecular flexibility index (Phi) is 3.39. The molecule has 0 atom stereocenters. The minimum Gasteiger partial charge on any atom is -0.496 e. The van der Waals surface area contributed by atoms with Crippen LogP contribution in [0.15, 0.2) is 12.3 Å². The number of rotatable bonds is 3. The number of nitrogens with one attached hydrogen (secondary N) is 1. The Bertz CT molecular complexity index is 573. The summed E-state index contributed by atoms with van der Waals surface area (Å²) < 4.78 is 5.39. The van der Waals surface area contributed by atoms with Gasteiger partial charge in [0.05, 0.1) is 19.0 Å². The fourth-order valence-corrected chi connectivity index (χ4v) is 2.32. The number of aryl methyl sites for hydroxylation is 1. The van der Waals surface area contributed by atoms with Gasteiger partial charge in [0, 0.05) is 17.7 Å². The molecule has 0 amide bonds. The smallest absolute Gasteiger partial charge is 0.122 e. The summed E-state index contributed by atoms with van der Waals surface area (Å²) in [7, 11) is 1.70. The summed E-state index contributed by atoms with van der Waals surface area (Å²) in [5.41, 5.74) is 12.5. The van der Waals surface area contributed by atoms with Crippen LogP contribution in [-0.4, -0.2) is 17.3 Å². The van der Waals surface area contributed by atoms with Crippen molar-refractivity contribution in [1.29, 1.82) is 0 Å². The fourth-order valence-electron chi connectivity index (χ4n) is 2.32. The van der Waals surface area contributed by atoms with Crippen LogP contribution in [0.4, 0.5) is 0 Å². The van der Waals surface area contributed by atoms with Crippen LogP contribution in [0.1, 0.15) is 22.3 Å². The molecule has 1 aromatic heterocycles. The number of H-pyrrole nitrogens is 1. The van der Waals surface area contributed by atoms with Gasteiger partial charge in [-0.15, -0.1) is 0 Å². The highest BCUT2D eigenvalue weighted by molar-refractivity contribution is 5.73. The molecule has 0 radical (unpaired) electrons. The molecule has 96 valence electrons. The van der Waals surface area contributed by atoms with Crippen LogP contribution < -0.4 is 10.5 Å². The number of aromatic amines is 1. The first-order valence-electron chi connectivity index (χ1n) is 5.97. The minimum atomic E-state index is 0.482. The van der Waals surface area contributed by atoms with Crippen LogP contribution in [0, 0.1) is 20.8 Å². The number of hydrogen-bond donors (Lipinski definition) is 2. The summed E-state index contributed by atoms with van der Waals surface area (Å²) in [6.07, 6.45) is 1.79. The number of methoxy groups -OCH3 is 1. The van der Waals surface area contributed by atoms with Crippen LogP contribution in [0.2, 0.25) is 0 Å². The number of ether oxygens (including phenoxy) is 1. The maximum atomic E-state index is 5.74. The molecule has 2 rings (SSSR count). The molecular weight excluding hydrogens is 226 g/mol. The second-order valence-electron chi connectivity index (χ2n) is 4.50. The molecule has 4 heteroatoms. The first kappa shape index (κ1) is 12.6. The maximum Gasteiger partial charge on any atom is 0.122 e. The summed E-state index contributed by atoms with van der Waals surface area (Å²) in [6.45, 7) is 6.72. The lowest BCUT2D eigenvalue weighted by atomic mass is 9.93. The highest BCUT2D eigenvalue weighted by atomic mass is 16.5. The van der Waals surface area contributed by atoms with Crippen molar-refractivity contribution in [3.05, 3.63) is 34.5 Å². The van der Waals surface area contributed by atoms with Gasteiger partial charge < -0.3 is 10.5 Å². The predicted octanol–water partition coefficient (Wildman–Crippen LogP) is 2.47. The predicted molar refractivity (Wildman–Crippen MR) is 72.7 cm³/mol. The molecule has 0 aliphatic carbocycles. The van der Waals surface area contributed by atoms with E-state index in [1.165, 1.54) is 11.1 Å². The summed E-state index contributed by atoms with van der Waals surface area (Å²) in [5, 5.41) is 7.14. The fraction of sp³-hybridized carbons (Fsp3) is 0.357. The van der Waals surface area contributed by atoms with E-state index in [0.717, 1.165) is 28.1 Å². The third-order valence-corrected chi connectivity index (χ3v) is 3.46. The van der Waals surface area contributed by atoms with Gasteiger partial charge in [-0.1, -0.05) is 0 Å². The summed E-state index contributed by atoms with van der Waals surface area (Å²) >= 11 is 0. The zero-order chi connectivity index (χ0) is 13.3. The van der Waals surface area contributed by atoms with Crippen molar-refractivity contribution in [2.24, 2.45) is 5.73 Å². The Morgan fingerprint density at radius 1 is 1.28 bits per heavy atom. The Labute approximate surface area is 107 Å². The lowest BCUT2D eigenvalue weighted by Crippen LogP contribution is -2.01. The number of hydrogen-bond acceptors (Lipinski definition) is 3. The molecule has 1 aromatic carbocycles. The molecule has 0 unspecified atom stereocenters. The van der Waals surface area contributed by atoms with Crippen LogP contribution in [-0.2, 0) is 6.54 Å². The number of nitrogens with two attached hydrogens (primary N) is 1. The van der Waals surface area contributed by atoms with Gasteiger partial charge in [0.1, 0.15) is 5.75 Å². The number of aromatic nitrogens is 2. The average Bonchev–Trinajstić information content (AvgIpc) is 2.82. The van der Waals surface area contributed by atoms with E-state index in [0.29, 0.717) is 6.54 Å². The normalized spacial score (nSPS) is 10.7. The van der Waals surface area contributed by atoms with E-state index in [2.05, 4.69) is 37.0 Å². The lowest BCUT2D eigenvalue weighted by Gasteiger charge is -2.15. The topological polar surface area (TPSA) is 63.9 Å².